The Hall–Kier alpha value is -4.38. The van der Waals surface area contributed by atoms with Gasteiger partial charge >= 0.3 is 0 Å². The molecule has 0 bridgehead atoms. The summed E-state index contributed by atoms with van der Waals surface area (Å²) in [5.41, 5.74) is 3.70. The summed E-state index contributed by atoms with van der Waals surface area (Å²) < 4.78 is 1.62. The van der Waals surface area contributed by atoms with Crippen molar-refractivity contribution in [3.8, 4) is 5.82 Å². The standard InChI is InChI=1S/C29H36N10O/c1-20-7-8-21(27(40)36-22-9-10-30-24(16-22)29(2,3)4)15-23(20)37-28-34-19-35-39(28)26-17-25(32-18-33-26)31-11-14-38-12-5-6-13-38/h7-10,15-19H,5-6,11-14H2,1-4H3,(H,30,36,40)(H,31,32,33)(H,34,35,37). The van der Waals surface area contributed by atoms with Crippen molar-refractivity contribution in [2.75, 3.05) is 42.1 Å². The quantitative estimate of drug-likeness (QED) is 0.280. The van der Waals surface area contributed by atoms with E-state index < -0.39 is 0 Å². The first-order chi connectivity index (χ1) is 19.3. The van der Waals surface area contributed by atoms with E-state index in [0.29, 0.717) is 23.0 Å². The molecule has 11 heteroatoms. The predicted octanol–water partition coefficient (Wildman–Crippen LogP) is 4.56. The number of aryl methyl sites for hydroxylation is 1. The van der Waals surface area contributed by atoms with Crippen LogP contribution in [0.4, 0.5) is 23.1 Å². The Morgan fingerprint density at radius 3 is 2.60 bits per heavy atom. The van der Waals surface area contributed by atoms with Gasteiger partial charge in [-0.1, -0.05) is 26.8 Å². The summed E-state index contributed by atoms with van der Waals surface area (Å²) in [7, 11) is 0. The predicted molar refractivity (Wildman–Crippen MR) is 156 cm³/mol. The third-order valence-electron chi connectivity index (χ3n) is 6.88. The Kier molecular flexibility index (Phi) is 8.01. The van der Waals surface area contributed by atoms with Crippen LogP contribution in [-0.2, 0) is 5.41 Å². The van der Waals surface area contributed by atoms with Crippen molar-refractivity contribution in [1.82, 2.24) is 34.6 Å². The van der Waals surface area contributed by atoms with E-state index >= 15 is 0 Å². The summed E-state index contributed by atoms with van der Waals surface area (Å²) in [5, 5.41) is 14.1. The molecule has 3 N–H and O–H groups in total. The number of likely N-dealkylation sites (tertiary alicyclic amines) is 1. The molecular formula is C29H36N10O. The molecule has 1 fully saturated rings. The van der Waals surface area contributed by atoms with Gasteiger partial charge in [0.15, 0.2) is 5.82 Å². The zero-order valence-corrected chi connectivity index (χ0v) is 23.5. The molecule has 1 aromatic carbocycles. The minimum absolute atomic E-state index is 0.119. The number of nitrogens with zero attached hydrogens (tertiary/aromatic N) is 7. The largest absolute Gasteiger partial charge is 0.369 e. The Morgan fingerprint density at radius 2 is 1.80 bits per heavy atom. The van der Waals surface area contributed by atoms with E-state index in [1.54, 1.807) is 29.1 Å². The van der Waals surface area contributed by atoms with Crippen molar-refractivity contribution < 1.29 is 4.79 Å². The number of benzene rings is 1. The monoisotopic (exact) mass is 540 g/mol. The van der Waals surface area contributed by atoms with Crippen LogP contribution in [0.2, 0.25) is 0 Å². The maximum absolute atomic E-state index is 13.1. The average molecular weight is 541 g/mol. The molecule has 3 aromatic heterocycles. The Bertz CT molecular complexity index is 1470. The molecular weight excluding hydrogens is 504 g/mol. The van der Waals surface area contributed by atoms with Crippen molar-refractivity contribution in [3.05, 3.63) is 72.1 Å². The van der Waals surface area contributed by atoms with Gasteiger partial charge < -0.3 is 20.9 Å². The van der Waals surface area contributed by atoms with Gasteiger partial charge in [0.2, 0.25) is 5.95 Å². The van der Waals surface area contributed by atoms with E-state index in [4.69, 9.17) is 0 Å². The molecule has 0 radical (unpaired) electrons. The minimum Gasteiger partial charge on any atom is -0.369 e. The molecule has 0 unspecified atom stereocenters. The fraction of sp³-hybridized carbons (Fsp3) is 0.379. The highest BCUT2D eigenvalue weighted by molar-refractivity contribution is 6.05. The summed E-state index contributed by atoms with van der Waals surface area (Å²) >= 11 is 0. The van der Waals surface area contributed by atoms with E-state index in [-0.39, 0.29) is 11.3 Å². The number of amides is 1. The lowest BCUT2D eigenvalue weighted by Crippen LogP contribution is -2.26. The Labute approximate surface area is 234 Å². The fourth-order valence-corrected chi connectivity index (χ4v) is 4.54. The number of carbonyl (C=O) groups excluding carboxylic acids is 1. The second-order valence-electron chi connectivity index (χ2n) is 11.0. The minimum atomic E-state index is -0.212. The van der Waals surface area contributed by atoms with Gasteiger partial charge in [0.1, 0.15) is 18.5 Å². The smallest absolute Gasteiger partial charge is 0.255 e. The zero-order chi connectivity index (χ0) is 28.1. The number of hydrogen-bond acceptors (Lipinski definition) is 9. The van der Waals surface area contributed by atoms with Crippen LogP contribution in [0.1, 0.15) is 55.2 Å². The molecule has 1 aliphatic rings. The number of hydrogen-bond donors (Lipinski definition) is 3. The van der Waals surface area contributed by atoms with Gasteiger partial charge in [-0.3, -0.25) is 9.78 Å². The third kappa shape index (κ3) is 6.60. The van der Waals surface area contributed by atoms with Crippen LogP contribution in [0.5, 0.6) is 0 Å². The summed E-state index contributed by atoms with van der Waals surface area (Å²) in [6.45, 7) is 12.4. The van der Waals surface area contributed by atoms with Crippen molar-refractivity contribution in [2.45, 2.75) is 46.0 Å². The highest BCUT2D eigenvalue weighted by atomic mass is 16.1. The first kappa shape index (κ1) is 27.2. The molecule has 40 heavy (non-hydrogen) atoms. The van der Waals surface area contributed by atoms with E-state index in [2.05, 4.69) is 66.7 Å². The van der Waals surface area contributed by atoms with Gasteiger partial charge in [-0.05, 0) is 62.7 Å². The Morgan fingerprint density at radius 1 is 0.975 bits per heavy atom. The molecule has 208 valence electrons. The molecule has 1 aliphatic heterocycles. The van der Waals surface area contributed by atoms with E-state index in [0.717, 1.165) is 48.9 Å². The molecule has 0 atom stereocenters. The molecule has 0 spiro atoms. The molecule has 1 amide bonds. The van der Waals surface area contributed by atoms with E-state index in [1.807, 2.05) is 25.1 Å². The first-order valence-electron chi connectivity index (χ1n) is 13.6. The normalized spacial score (nSPS) is 13.8. The number of pyridine rings is 1. The molecule has 4 aromatic rings. The number of anilines is 4. The lowest BCUT2D eigenvalue weighted by Gasteiger charge is -2.18. The van der Waals surface area contributed by atoms with Crippen LogP contribution < -0.4 is 16.0 Å². The summed E-state index contributed by atoms with van der Waals surface area (Å²) in [6.07, 6.45) is 7.24. The Balaban J connectivity index is 1.29. The van der Waals surface area contributed by atoms with E-state index in [9.17, 15) is 4.79 Å². The molecule has 0 aliphatic carbocycles. The van der Waals surface area contributed by atoms with Crippen molar-refractivity contribution in [3.63, 3.8) is 0 Å². The second kappa shape index (κ2) is 11.8. The van der Waals surface area contributed by atoms with Crippen LogP contribution >= 0.6 is 0 Å². The number of carbonyl (C=O) groups is 1. The number of rotatable bonds is 9. The highest BCUT2D eigenvalue weighted by Gasteiger charge is 2.17. The van der Waals surface area contributed by atoms with Crippen LogP contribution in [-0.4, -0.2) is 66.7 Å². The molecule has 4 heterocycles. The second-order valence-corrected chi connectivity index (χ2v) is 11.0. The van der Waals surface area contributed by atoms with Crippen molar-refractivity contribution in [2.24, 2.45) is 0 Å². The van der Waals surface area contributed by atoms with Gasteiger partial charge in [0, 0.05) is 53.4 Å². The van der Waals surface area contributed by atoms with Gasteiger partial charge in [0.25, 0.3) is 5.91 Å². The fourth-order valence-electron chi connectivity index (χ4n) is 4.54. The van der Waals surface area contributed by atoms with Gasteiger partial charge in [0.05, 0.1) is 0 Å². The lowest BCUT2D eigenvalue weighted by molar-refractivity contribution is 0.102. The lowest BCUT2D eigenvalue weighted by atomic mass is 9.91. The molecule has 1 saturated heterocycles. The highest BCUT2D eigenvalue weighted by Crippen LogP contribution is 2.25. The van der Waals surface area contributed by atoms with Crippen molar-refractivity contribution >= 4 is 29.0 Å². The zero-order valence-electron chi connectivity index (χ0n) is 23.5. The maximum atomic E-state index is 13.1. The first-order valence-corrected chi connectivity index (χ1v) is 13.6. The van der Waals surface area contributed by atoms with Crippen LogP contribution in [0.15, 0.2) is 55.2 Å². The maximum Gasteiger partial charge on any atom is 0.255 e. The molecule has 11 nitrogen and oxygen atoms in total. The van der Waals surface area contributed by atoms with Crippen LogP contribution in [0, 0.1) is 6.92 Å². The summed E-state index contributed by atoms with van der Waals surface area (Å²) in [5.74, 6) is 1.58. The average Bonchev–Trinajstić information content (AvgIpc) is 3.62. The van der Waals surface area contributed by atoms with Crippen LogP contribution in [0.3, 0.4) is 0 Å². The topological polar surface area (TPSA) is 126 Å². The SMILES string of the molecule is Cc1ccc(C(=O)Nc2ccnc(C(C)(C)C)c2)cc1Nc1ncnn1-c1cc(NCCN2CCCC2)ncn1. The van der Waals surface area contributed by atoms with Gasteiger partial charge in [-0.15, -0.1) is 0 Å². The van der Waals surface area contributed by atoms with Gasteiger partial charge in [-0.2, -0.15) is 14.8 Å². The summed E-state index contributed by atoms with van der Waals surface area (Å²) in [6, 6.07) is 11.1. The summed E-state index contributed by atoms with van der Waals surface area (Å²) in [4.78, 5) is 33.2. The number of nitrogens with one attached hydrogen (secondary N) is 3. The molecule has 0 saturated carbocycles. The van der Waals surface area contributed by atoms with Gasteiger partial charge in [-0.25, -0.2) is 9.97 Å². The van der Waals surface area contributed by atoms with Crippen molar-refractivity contribution in [1.29, 1.82) is 0 Å². The molecule has 5 rings (SSSR count). The third-order valence-corrected chi connectivity index (χ3v) is 6.88. The van der Waals surface area contributed by atoms with E-state index in [1.165, 1.54) is 25.5 Å². The number of aromatic nitrogens is 6. The van der Waals surface area contributed by atoms with Crippen LogP contribution in [0.25, 0.3) is 5.82 Å².